The molecule has 0 fully saturated rings. The quantitative estimate of drug-likeness (QED) is 0.494. The average molecular weight is 445 g/mol. The van der Waals surface area contributed by atoms with E-state index in [1.807, 2.05) is 35.8 Å². The number of nitrogens with one attached hydrogen (secondary N) is 1. The molecule has 7 heteroatoms. The molecule has 1 aliphatic heterocycles. The van der Waals surface area contributed by atoms with Crippen LogP contribution in [0.5, 0.6) is 0 Å². The zero-order valence-corrected chi connectivity index (χ0v) is 19.8. The molecule has 3 heterocycles. The van der Waals surface area contributed by atoms with Crippen molar-refractivity contribution >= 4 is 22.8 Å². The number of nitrogens with zero attached hydrogens (tertiary/aromatic N) is 4. The Balaban J connectivity index is 1.71. The summed E-state index contributed by atoms with van der Waals surface area (Å²) in [6.45, 7) is 10.2. The lowest BCUT2D eigenvalue weighted by atomic mass is 10.1. The second-order valence-electron chi connectivity index (χ2n) is 9.46. The number of H-pyrrole nitrogens is 1. The predicted octanol–water partition coefficient (Wildman–Crippen LogP) is 3.08. The SMILES string of the molecule is Cc1ccc(Cn2c(=O)c3c([nH]c4[n+]3C[C@@H](C)CN4c3ccc(C)c(C)c3)n(C)c2=O)cc1. The molecular formula is C26H30N5O2+. The molecule has 4 aromatic rings. The van der Waals surface area contributed by atoms with Crippen molar-refractivity contribution in [2.24, 2.45) is 13.0 Å². The number of aryl methyl sites for hydroxylation is 4. The van der Waals surface area contributed by atoms with Crippen molar-refractivity contribution in [1.82, 2.24) is 14.1 Å². The Morgan fingerprint density at radius 3 is 2.45 bits per heavy atom. The first-order chi connectivity index (χ1) is 15.7. The number of aromatic amines is 1. The Bertz CT molecular complexity index is 1490. The van der Waals surface area contributed by atoms with E-state index in [1.165, 1.54) is 15.7 Å². The van der Waals surface area contributed by atoms with Crippen molar-refractivity contribution in [3.05, 3.63) is 85.6 Å². The highest BCUT2D eigenvalue weighted by atomic mass is 16.2. The van der Waals surface area contributed by atoms with E-state index in [4.69, 9.17) is 0 Å². The molecule has 0 spiro atoms. The molecular weight excluding hydrogens is 414 g/mol. The van der Waals surface area contributed by atoms with Crippen molar-refractivity contribution in [2.75, 3.05) is 11.4 Å². The number of anilines is 2. The van der Waals surface area contributed by atoms with Gasteiger partial charge in [0.2, 0.25) is 11.2 Å². The van der Waals surface area contributed by atoms with Gasteiger partial charge in [0, 0.05) is 13.0 Å². The maximum atomic E-state index is 13.6. The van der Waals surface area contributed by atoms with Gasteiger partial charge in [0.15, 0.2) is 0 Å². The van der Waals surface area contributed by atoms with E-state index in [2.05, 4.69) is 48.9 Å². The molecule has 5 rings (SSSR count). The topological polar surface area (TPSA) is 66.9 Å². The predicted molar refractivity (Wildman–Crippen MR) is 130 cm³/mol. The van der Waals surface area contributed by atoms with Gasteiger partial charge in [-0.15, -0.1) is 0 Å². The average Bonchev–Trinajstić information content (AvgIpc) is 3.17. The number of aromatic nitrogens is 4. The van der Waals surface area contributed by atoms with Crippen molar-refractivity contribution in [3.8, 4) is 0 Å². The summed E-state index contributed by atoms with van der Waals surface area (Å²) in [5.41, 5.74) is 6.14. The van der Waals surface area contributed by atoms with Gasteiger partial charge in [-0.2, -0.15) is 0 Å². The van der Waals surface area contributed by atoms with Gasteiger partial charge in [-0.25, -0.2) is 19.2 Å². The molecule has 1 aliphatic rings. The second kappa shape index (κ2) is 7.76. The van der Waals surface area contributed by atoms with Gasteiger partial charge in [0.25, 0.3) is 5.56 Å². The molecule has 1 N–H and O–H groups in total. The monoisotopic (exact) mass is 444 g/mol. The van der Waals surface area contributed by atoms with Gasteiger partial charge in [-0.05, 0) is 49.6 Å². The van der Waals surface area contributed by atoms with E-state index >= 15 is 0 Å². The highest BCUT2D eigenvalue weighted by Gasteiger charge is 2.36. The molecule has 170 valence electrons. The number of rotatable bonds is 3. The molecule has 33 heavy (non-hydrogen) atoms. The first-order valence-corrected chi connectivity index (χ1v) is 11.4. The third kappa shape index (κ3) is 3.48. The third-order valence-corrected chi connectivity index (χ3v) is 6.79. The largest absolute Gasteiger partial charge is 0.364 e. The Labute approximate surface area is 192 Å². The summed E-state index contributed by atoms with van der Waals surface area (Å²) in [6.07, 6.45) is 0. The van der Waals surface area contributed by atoms with Crippen molar-refractivity contribution in [2.45, 2.75) is 40.8 Å². The van der Waals surface area contributed by atoms with E-state index in [9.17, 15) is 9.59 Å². The maximum absolute atomic E-state index is 13.6. The third-order valence-electron chi connectivity index (χ3n) is 6.79. The fourth-order valence-electron chi connectivity index (χ4n) is 4.71. The summed E-state index contributed by atoms with van der Waals surface area (Å²) in [5, 5.41) is 0. The zero-order chi connectivity index (χ0) is 23.4. The van der Waals surface area contributed by atoms with Crippen LogP contribution in [0.15, 0.2) is 52.1 Å². The summed E-state index contributed by atoms with van der Waals surface area (Å²) in [7, 11) is 1.72. The minimum Gasteiger partial charge on any atom is -0.267 e. The van der Waals surface area contributed by atoms with E-state index in [1.54, 1.807) is 11.6 Å². The molecule has 0 unspecified atom stereocenters. The van der Waals surface area contributed by atoms with Gasteiger partial charge in [-0.1, -0.05) is 42.8 Å². The lowest BCUT2D eigenvalue weighted by Crippen LogP contribution is -2.52. The van der Waals surface area contributed by atoms with E-state index in [-0.39, 0.29) is 17.8 Å². The molecule has 1 atom stereocenters. The van der Waals surface area contributed by atoms with Crippen LogP contribution in [-0.4, -0.2) is 20.7 Å². The molecule has 0 radical (unpaired) electrons. The normalized spacial score (nSPS) is 15.8. The molecule has 2 aromatic carbocycles. The van der Waals surface area contributed by atoms with Crippen LogP contribution in [0.1, 0.15) is 29.2 Å². The van der Waals surface area contributed by atoms with Crippen LogP contribution in [0.25, 0.3) is 11.2 Å². The molecule has 0 aliphatic carbocycles. The maximum Gasteiger partial charge on any atom is 0.364 e. The zero-order valence-electron chi connectivity index (χ0n) is 19.8. The standard InChI is InChI=1S/C26H29N5O2/c1-16-6-9-20(10-7-16)15-31-24(32)22-23(28(5)26(31)33)27-25-29(13-17(2)14-30(22)25)21-11-8-18(3)19(4)12-21/h6-12,17H,13-15H2,1-5H3/p+1/t17-/m0/s1. The van der Waals surface area contributed by atoms with Crippen LogP contribution in [0.2, 0.25) is 0 Å². The molecule has 7 nitrogen and oxygen atoms in total. The lowest BCUT2D eigenvalue weighted by Gasteiger charge is -2.26. The van der Waals surface area contributed by atoms with Gasteiger partial charge in [0.05, 0.1) is 19.6 Å². The molecule has 0 saturated heterocycles. The summed E-state index contributed by atoms with van der Waals surface area (Å²) in [6, 6.07) is 14.4. The molecule has 0 saturated carbocycles. The van der Waals surface area contributed by atoms with Crippen LogP contribution in [-0.2, 0) is 20.1 Å². The van der Waals surface area contributed by atoms with Crippen LogP contribution >= 0.6 is 0 Å². The van der Waals surface area contributed by atoms with Crippen LogP contribution in [0, 0.1) is 26.7 Å². The number of hydrogen-bond donors (Lipinski definition) is 1. The molecule has 2 aromatic heterocycles. The Morgan fingerprint density at radius 2 is 1.76 bits per heavy atom. The Kier molecular flexibility index (Phi) is 5.00. The number of hydrogen-bond acceptors (Lipinski definition) is 3. The summed E-state index contributed by atoms with van der Waals surface area (Å²) >= 11 is 0. The first-order valence-electron chi connectivity index (χ1n) is 11.4. The molecule has 0 bridgehead atoms. The number of benzene rings is 2. The van der Waals surface area contributed by atoms with E-state index < -0.39 is 0 Å². The number of imidazole rings is 1. The van der Waals surface area contributed by atoms with E-state index in [0.29, 0.717) is 23.6 Å². The van der Waals surface area contributed by atoms with Gasteiger partial charge < -0.3 is 0 Å². The minimum absolute atomic E-state index is 0.249. The van der Waals surface area contributed by atoms with Gasteiger partial charge >= 0.3 is 11.6 Å². The lowest BCUT2D eigenvalue weighted by molar-refractivity contribution is -0.669. The fraction of sp³-hybridized carbons (Fsp3) is 0.346. The Morgan fingerprint density at radius 1 is 1.03 bits per heavy atom. The second-order valence-corrected chi connectivity index (χ2v) is 9.46. The summed E-state index contributed by atoms with van der Waals surface area (Å²) in [5.74, 6) is 1.18. The summed E-state index contributed by atoms with van der Waals surface area (Å²) < 4.78 is 4.94. The smallest absolute Gasteiger partial charge is 0.267 e. The first kappa shape index (κ1) is 21.2. The van der Waals surface area contributed by atoms with Gasteiger partial charge in [-0.3, -0.25) is 13.9 Å². The fourth-order valence-corrected chi connectivity index (χ4v) is 4.71. The van der Waals surface area contributed by atoms with Crippen LogP contribution < -0.4 is 20.7 Å². The van der Waals surface area contributed by atoms with Crippen molar-refractivity contribution in [3.63, 3.8) is 0 Å². The summed E-state index contributed by atoms with van der Waals surface area (Å²) in [4.78, 5) is 32.4. The van der Waals surface area contributed by atoms with Crippen LogP contribution in [0.3, 0.4) is 0 Å². The van der Waals surface area contributed by atoms with Crippen LogP contribution in [0.4, 0.5) is 11.6 Å². The minimum atomic E-state index is -0.321. The molecule has 0 amide bonds. The van der Waals surface area contributed by atoms with E-state index in [0.717, 1.165) is 29.3 Å². The Hall–Kier alpha value is -3.61. The number of fused-ring (bicyclic) bond motifs is 3. The highest BCUT2D eigenvalue weighted by molar-refractivity contribution is 5.70. The highest BCUT2D eigenvalue weighted by Crippen LogP contribution is 2.29. The van der Waals surface area contributed by atoms with Gasteiger partial charge in [0.1, 0.15) is 5.69 Å². The van der Waals surface area contributed by atoms with Crippen molar-refractivity contribution in [1.29, 1.82) is 0 Å². The van der Waals surface area contributed by atoms with Crippen molar-refractivity contribution < 1.29 is 4.57 Å².